The van der Waals surface area contributed by atoms with Crippen LogP contribution in [0.1, 0.15) is 35.8 Å². The first kappa shape index (κ1) is 10.6. The van der Waals surface area contributed by atoms with Crippen LogP contribution in [-0.4, -0.2) is 4.98 Å². The highest BCUT2D eigenvalue weighted by molar-refractivity contribution is 7.11. The predicted molar refractivity (Wildman–Crippen MR) is 61.8 cm³/mol. The third-order valence-corrected chi connectivity index (χ3v) is 4.32. The molecule has 1 atom stereocenters. The van der Waals surface area contributed by atoms with E-state index >= 15 is 0 Å². The number of hydrogen-bond acceptors (Lipinski definition) is 3. The van der Waals surface area contributed by atoms with Gasteiger partial charge in [0.15, 0.2) is 0 Å². The maximum atomic E-state index is 8.64. The molecule has 0 spiro atoms. The van der Waals surface area contributed by atoms with E-state index in [1.807, 2.05) is 0 Å². The normalized spacial score (nSPS) is 20.0. The van der Waals surface area contributed by atoms with Gasteiger partial charge in [-0.05, 0) is 31.1 Å². The Balaban J connectivity index is 2.16. The van der Waals surface area contributed by atoms with E-state index in [1.165, 1.54) is 23.4 Å². The van der Waals surface area contributed by atoms with Gasteiger partial charge in [0.1, 0.15) is 5.01 Å². The third-order valence-electron chi connectivity index (χ3n) is 3.20. The van der Waals surface area contributed by atoms with Crippen LogP contribution in [0.2, 0.25) is 0 Å². The summed E-state index contributed by atoms with van der Waals surface area (Å²) in [5.41, 5.74) is 1.27. The summed E-state index contributed by atoms with van der Waals surface area (Å²) in [6, 6.07) is 2.18. The van der Waals surface area contributed by atoms with Gasteiger partial charge >= 0.3 is 0 Å². The van der Waals surface area contributed by atoms with Crippen molar-refractivity contribution in [3.63, 3.8) is 0 Å². The fourth-order valence-corrected chi connectivity index (χ4v) is 3.31. The van der Waals surface area contributed by atoms with Gasteiger partial charge < -0.3 is 0 Å². The molecule has 0 bridgehead atoms. The van der Waals surface area contributed by atoms with Gasteiger partial charge in [0.05, 0.1) is 18.2 Å². The number of rotatable bonds is 2. The Bertz CT molecular complexity index is 387. The van der Waals surface area contributed by atoms with Gasteiger partial charge in [0.2, 0.25) is 0 Å². The van der Waals surface area contributed by atoms with E-state index < -0.39 is 0 Å². The molecule has 0 saturated heterocycles. The number of thiazole rings is 1. The molecule has 80 valence electrons. The summed E-state index contributed by atoms with van der Waals surface area (Å²) in [5, 5.41) is 9.64. The Morgan fingerprint density at radius 3 is 3.07 bits per heavy atom. The summed E-state index contributed by atoms with van der Waals surface area (Å²) < 4.78 is 0. The molecule has 1 unspecified atom stereocenters. The van der Waals surface area contributed by atoms with E-state index in [0.717, 1.165) is 23.3 Å². The number of hydrogen-bond donors (Lipinski definition) is 0. The molecule has 2 nitrogen and oxygen atoms in total. The zero-order valence-electron chi connectivity index (χ0n) is 9.29. The quantitative estimate of drug-likeness (QED) is 0.768. The van der Waals surface area contributed by atoms with Gasteiger partial charge in [-0.1, -0.05) is 13.8 Å². The number of nitrogens with zero attached hydrogens (tertiary/aromatic N) is 2. The Hall–Kier alpha value is -0.880. The van der Waals surface area contributed by atoms with Crippen LogP contribution >= 0.6 is 11.3 Å². The van der Waals surface area contributed by atoms with Crippen molar-refractivity contribution in [1.29, 1.82) is 5.26 Å². The number of fused-ring (bicyclic) bond motifs is 1. The predicted octanol–water partition coefficient (Wildman–Crippen LogP) is 2.97. The summed E-state index contributed by atoms with van der Waals surface area (Å²) >= 11 is 1.75. The van der Waals surface area contributed by atoms with E-state index in [4.69, 9.17) is 5.26 Å². The second-order valence-electron chi connectivity index (χ2n) is 4.56. The molecule has 0 N–H and O–H groups in total. The standard InChI is InChI=1S/C12H16N2S/c1-8(2)9-3-4-10-11(7-9)15-12(14-10)5-6-13/h8-9H,3-5,7H2,1-2H3. The lowest BCUT2D eigenvalue weighted by molar-refractivity contribution is 0.344. The topological polar surface area (TPSA) is 36.7 Å². The lowest BCUT2D eigenvalue weighted by Gasteiger charge is -2.24. The highest BCUT2D eigenvalue weighted by Gasteiger charge is 2.24. The first-order chi connectivity index (χ1) is 7.20. The second kappa shape index (κ2) is 4.32. The largest absolute Gasteiger partial charge is 0.245 e. The van der Waals surface area contributed by atoms with E-state index in [0.29, 0.717) is 6.42 Å². The van der Waals surface area contributed by atoms with Crippen LogP contribution in [0.25, 0.3) is 0 Å². The number of nitriles is 1. The number of aryl methyl sites for hydroxylation is 1. The Morgan fingerprint density at radius 1 is 1.60 bits per heavy atom. The zero-order chi connectivity index (χ0) is 10.8. The fourth-order valence-electron chi connectivity index (χ4n) is 2.17. The van der Waals surface area contributed by atoms with E-state index in [1.54, 1.807) is 11.3 Å². The Labute approximate surface area is 95.0 Å². The monoisotopic (exact) mass is 220 g/mol. The van der Waals surface area contributed by atoms with Gasteiger partial charge in [-0.3, -0.25) is 0 Å². The summed E-state index contributed by atoms with van der Waals surface area (Å²) in [7, 11) is 0. The molecule has 0 radical (unpaired) electrons. The summed E-state index contributed by atoms with van der Waals surface area (Å²) in [4.78, 5) is 5.97. The maximum Gasteiger partial charge on any atom is 0.107 e. The highest BCUT2D eigenvalue weighted by Crippen LogP contribution is 2.33. The summed E-state index contributed by atoms with van der Waals surface area (Å²) in [6.07, 6.45) is 4.03. The molecule has 15 heavy (non-hydrogen) atoms. The van der Waals surface area contributed by atoms with Gasteiger partial charge in [0.25, 0.3) is 0 Å². The van der Waals surface area contributed by atoms with Crippen molar-refractivity contribution < 1.29 is 0 Å². The average Bonchev–Trinajstić information content (AvgIpc) is 2.59. The van der Waals surface area contributed by atoms with Crippen molar-refractivity contribution in [2.24, 2.45) is 11.8 Å². The first-order valence-electron chi connectivity index (χ1n) is 5.55. The zero-order valence-corrected chi connectivity index (χ0v) is 10.1. The van der Waals surface area contributed by atoms with Crippen LogP contribution in [0.15, 0.2) is 0 Å². The molecule has 0 saturated carbocycles. The molecule has 1 aromatic heterocycles. The van der Waals surface area contributed by atoms with Crippen molar-refractivity contribution in [1.82, 2.24) is 4.98 Å². The highest BCUT2D eigenvalue weighted by atomic mass is 32.1. The van der Waals surface area contributed by atoms with Gasteiger partial charge in [-0.15, -0.1) is 11.3 Å². The minimum Gasteiger partial charge on any atom is -0.245 e. The Morgan fingerprint density at radius 2 is 2.40 bits per heavy atom. The molecular weight excluding hydrogens is 204 g/mol. The van der Waals surface area contributed by atoms with Crippen molar-refractivity contribution in [2.75, 3.05) is 0 Å². The van der Waals surface area contributed by atoms with Crippen molar-refractivity contribution in [3.05, 3.63) is 15.6 Å². The van der Waals surface area contributed by atoms with Gasteiger partial charge in [-0.25, -0.2) is 4.98 Å². The second-order valence-corrected chi connectivity index (χ2v) is 5.73. The molecule has 2 rings (SSSR count). The Kier molecular flexibility index (Phi) is 3.06. The molecule has 0 fully saturated rings. The molecular formula is C12H16N2S. The fraction of sp³-hybridized carbons (Fsp3) is 0.667. The molecule has 0 aromatic carbocycles. The van der Waals surface area contributed by atoms with Crippen molar-refractivity contribution in [2.45, 2.75) is 39.5 Å². The average molecular weight is 220 g/mol. The molecule has 3 heteroatoms. The lowest BCUT2D eigenvalue weighted by Crippen LogP contribution is -2.17. The van der Waals surface area contributed by atoms with Crippen molar-refractivity contribution in [3.8, 4) is 6.07 Å². The minimum atomic E-state index is 0.476. The van der Waals surface area contributed by atoms with E-state index in [2.05, 4.69) is 24.9 Å². The molecule has 1 aliphatic rings. The molecule has 1 aliphatic carbocycles. The van der Waals surface area contributed by atoms with Gasteiger partial charge in [0, 0.05) is 4.88 Å². The first-order valence-corrected chi connectivity index (χ1v) is 6.36. The SMILES string of the molecule is CC(C)C1CCc2nc(CC#N)sc2C1. The molecule has 0 amide bonds. The summed E-state index contributed by atoms with van der Waals surface area (Å²) in [5.74, 6) is 1.58. The van der Waals surface area contributed by atoms with E-state index in [-0.39, 0.29) is 0 Å². The van der Waals surface area contributed by atoms with Crippen LogP contribution in [0.5, 0.6) is 0 Å². The smallest absolute Gasteiger partial charge is 0.107 e. The van der Waals surface area contributed by atoms with Crippen LogP contribution in [0, 0.1) is 23.2 Å². The minimum absolute atomic E-state index is 0.476. The molecule has 1 heterocycles. The molecule has 0 aliphatic heterocycles. The van der Waals surface area contributed by atoms with Crippen molar-refractivity contribution >= 4 is 11.3 Å². The van der Waals surface area contributed by atoms with E-state index in [9.17, 15) is 0 Å². The van der Waals surface area contributed by atoms with Crippen LogP contribution in [0.3, 0.4) is 0 Å². The van der Waals surface area contributed by atoms with Crippen LogP contribution < -0.4 is 0 Å². The van der Waals surface area contributed by atoms with Gasteiger partial charge in [-0.2, -0.15) is 5.26 Å². The summed E-state index contributed by atoms with van der Waals surface area (Å²) in [6.45, 7) is 4.60. The molecule has 1 aromatic rings. The van der Waals surface area contributed by atoms with Crippen LogP contribution in [0.4, 0.5) is 0 Å². The number of aromatic nitrogens is 1. The lowest BCUT2D eigenvalue weighted by atomic mass is 9.83. The maximum absolute atomic E-state index is 8.64. The third kappa shape index (κ3) is 2.21. The van der Waals surface area contributed by atoms with Crippen LogP contribution in [-0.2, 0) is 19.3 Å².